The first kappa shape index (κ1) is 10.4. The fourth-order valence-corrected chi connectivity index (χ4v) is 2.17. The molecule has 2 heterocycles. The van der Waals surface area contributed by atoms with Crippen molar-refractivity contribution in [1.82, 2.24) is 10.5 Å². The van der Waals surface area contributed by atoms with E-state index in [9.17, 15) is 0 Å². The predicted octanol–water partition coefficient (Wildman–Crippen LogP) is 1.88. The molecule has 1 aromatic heterocycles. The van der Waals surface area contributed by atoms with Crippen LogP contribution >= 0.6 is 0 Å². The molecule has 0 saturated carbocycles. The van der Waals surface area contributed by atoms with Crippen molar-refractivity contribution >= 4 is 22.9 Å². The van der Waals surface area contributed by atoms with Gasteiger partial charge in [0.05, 0.1) is 5.39 Å². The topological polar surface area (TPSA) is 41.3 Å². The van der Waals surface area contributed by atoms with Gasteiger partial charge in [-0.2, -0.15) is 0 Å². The van der Waals surface area contributed by atoms with Crippen molar-refractivity contribution in [1.29, 1.82) is 0 Å². The number of nitrogens with zero attached hydrogens (tertiary/aromatic N) is 2. The second-order valence-corrected chi connectivity index (χ2v) is 4.20. The highest BCUT2D eigenvalue weighted by Crippen LogP contribution is 2.27. The van der Waals surface area contributed by atoms with Gasteiger partial charge in [0.1, 0.15) is 0 Å². The number of anilines is 1. The van der Waals surface area contributed by atoms with Crippen LogP contribution in [0.15, 0.2) is 29.3 Å². The van der Waals surface area contributed by atoms with Gasteiger partial charge in [-0.25, -0.2) is 0 Å². The van der Waals surface area contributed by atoms with Crippen LogP contribution in [0.5, 0.6) is 0 Å². The van der Waals surface area contributed by atoms with E-state index >= 15 is 0 Å². The van der Waals surface area contributed by atoms with E-state index in [-0.39, 0.29) is 0 Å². The zero-order chi connectivity index (χ0) is 11.7. The molecule has 2 aromatic rings. The number of piperazine rings is 1. The Morgan fingerprint density at radius 3 is 2.94 bits per heavy atom. The lowest BCUT2D eigenvalue weighted by molar-refractivity contribution is 0.451. The van der Waals surface area contributed by atoms with Gasteiger partial charge < -0.3 is 14.7 Å². The van der Waals surface area contributed by atoms with Gasteiger partial charge in [0.25, 0.3) is 0 Å². The van der Waals surface area contributed by atoms with Crippen molar-refractivity contribution in [3.05, 3.63) is 30.3 Å². The summed E-state index contributed by atoms with van der Waals surface area (Å²) in [5.41, 5.74) is 1.89. The highest BCUT2D eigenvalue weighted by molar-refractivity contribution is 5.90. The van der Waals surface area contributed by atoms with Gasteiger partial charge in [0.15, 0.2) is 11.4 Å². The van der Waals surface area contributed by atoms with Crippen molar-refractivity contribution in [3.8, 4) is 0 Å². The fourth-order valence-electron chi connectivity index (χ4n) is 2.17. The standard InChI is InChI=1S/C13H15N3O/c1-2-10-3-4-11-12(9-10)17-15-13(11)16-7-5-14-6-8-16/h2-4,9,14H,1,5-8H2. The molecule has 1 saturated heterocycles. The monoisotopic (exact) mass is 229 g/mol. The summed E-state index contributed by atoms with van der Waals surface area (Å²) in [5, 5.41) is 8.59. The minimum atomic E-state index is 0.830. The Kier molecular flexibility index (Phi) is 2.57. The number of fused-ring (bicyclic) bond motifs is 1. The summed E-state index contributed by atoms with van der Waals surface area (Å²) >= 11 is 0. The van der Waals surface area contributed by atoms with Crippen LogP contribution in [-0.2, 0) is 0 Å². The van der Waals surface area contributed by atoms with E-state index in [0.717, 1.165) is 48.5 Å². The molecule has 4 heteroatoms. The Labute approximate surface area is 99.9 Å². The van der Waals surface area contributed by atoms with E-state index in [0.29, 0.717) is 0 Å². The van der Waals surface area contributed by atoms with Crippen LogP contribution in [-0.4, -0.2) is 31.3 Å². The molecule has 0 unspecified atom stereocenters. The highest BCUT2D eigenvalue weighted by Gasteiger charge is 2.17. The first-order valence-corrected chi connectivity index (χ1v) is 5.86. The quantitative estimate of drug-likeness (QED) is 0.853. The highest BCUT2D eigenvalue weighted by atomic mass is 16.5. The summed E-state index contributed by atoms with van der Waals surface area (Å²) in [4.78, 5) is 2.26. The molecular weight excluding hydrogens is 214 g/mol. The van der Waals surface area contributed by atoms with E-state index < -0.39 is 0 Å². The second-order valence-electron chi connectivity index (χ2n) is 4.20. The van der Waals surface area contributed by atoms with Crippen molar-refractivity contribution in [2.75, 3.05) is 31.1 Å². The molecule has 4 nitrogen and oxygen atoms in total. The van der Waals surface area contributed by atoms with Gasteiger partial charge in [-0.3, -0.25) is 0 Å². The minimum Gasteiger partial charge on any atom is -0.354 e. The molecule has 1 fully saturated rings. The van der Waals surface area contributed by atoms with Crippen molar-refractivity contribution in [2.45, 2.75) is 0 Å². The third kappa shape index (κ3) is 1.80. The molecule has 1 aliphatic rings. The van der Waals surface area contributed by atoms with Crippen LogP contribution in [0.3, 0.4) is 0 Å². The smallest absolute Gasteiger partial charge is 0.180 e. The Hall–Kier alpha value is -1.81. The number of rotatable bonds is 2. The molecule has 0 atom stereocenters. The Morgan fingerprint density at radius 2 is 2.18 bits per heavy atom. The van der Waals surface area contributed by atoms with Gasteiger partial charge in [0, 0.05) is 26.2 Å². The normalized spacial score (nSPS) is 16.4. The van der Waals surface area contributed by atoms with Gasteiger partial charge >= 0.3 is 0 Å². The first-order chi connectivity index (χ1) is 8.38. The van der Waals surface area contributed by atoms with Crippen molar-refractivity contribution in [2.24, 2.45) is 0 Å². The molecule has 0 bridgehead atoms. The van der Waals surface area contributed by atoms with Gasteiger partial charge in [-0.1, -0.05) is 23.9 Å². The maximum Gasteiger partial charge on any atom is 0.180 e. The third-order valence-corrected chi connectivity index (χ3v) is 3.13. The lowest BCUT2D eigenvalue weighted by Crippen LogP contribution is -2.43. The molecule has 0 radical (unpaired) electrons. The molecule has 3 rings (SSSR count). The Balaban J connectivity index is 2.02. The zero-order valence-corrected chi connectivity index (χ0v) is 9.65. The largest absolute Gasteiger partial charge is 0.354 e. The molecular formula is C13H15N3O. The summed E-state index contributed by atoms with van der Waals surface area (Å²) in [5.74, 6) is 0.956. The molecule has 17 heavy (non-hydrogen) atoms. The zero-order valence-electron chi connectivity index (χ0n) is 9.65. The maximum atomic E-state index is 5.38. The van der Waals surface area contributed by atoms with Crippen LogP contribution in [0.1, 0.15) is 5.56 Å². The molecule has 1 aliphatic heterocycles. The Morgan fingerprint density at radius 1 is 1.35 bits per heavy atom. The van der Waals surface area contributed by atoms with Crippen LogP contribution in [0.25, 0.3) is 17.0 Å². The number of hydrogen-bond acceptors (Lipinski definition) is 4. The van der Waals surface area contributed by atoms with Crippen LogP contribution in [0.2, 0.25) is 0 Å². The molecule has 0 spiro atoms. The number of hydrogen-bond donors (Lipinski definition) is 1. The summed E-state index contributed by atoms with van der Waals surface area (Å²) in [6.45, 7) is 7.71. The van der Waals surface area contributed by atoms with Crippen molar-refractivity contribution in [3.63, 3.8) is 0 Å². The average molecular weight is 229 g/mol. The van der Waals surface area contributed by atoms with Crippen molar-refractivity contribution < 1.29 is 4.52 Å². The van der Waals surface area contributed by atoms with E-state index in [4.69, 9.17) is 4.52 Å². The van der Waals surface area contributed by atoms with Crippen LogP contribution in [0, 0.1) is 0 Å². The number of aromatic nitrogens is 1. The summed E-state index contributed by atoms with van der Waals surface area (Å²) in [6.07, 6.45) is 1.81. The summed E-state index contributed by atoms with van der Waals surface area (Å²) in [6, 6.07) is 6.07. The van der Waals surface area contributed by atoms with Crippen LogP contribution < -0.4 is 10.2 Å². The van der Waals surface area contributed by atoms with Crippen LogP contribution in [0.4, 0.5) is 5.82 Å². The molecule has 0 amide bonds. The number of nitrogens with one attached hydrogen (secondary N) is 1. The lowest BCUT2D eigenvalue weighted by atomic mass is 10.1. The number of benzene rings is 1. The molecule has 88 valence electrons. The van der Waals surface area contributed by atoms with Gasteiger partial charge in [-0.05, 0) is 17.7 Å². The lowest BCUT2D eigenvalue weighted by Gasteiger charge is -2.26. The van der Waals surface area contributed by atoms with E-state index in [2.05, 4.69) is 28.0 Å². The predicted molar refractivity (Wildman–Crippen MR) is 69.2 cm³/mol. The van der Waals surface area contributed by atoms with Gasteiger partial charge in [-0.15, -0.1) is 0 Å². The maximum absolute atomic E-state index is 5.38. The van der Waals surface area contributed by atoms with E-state index in [1.807, 2.05) is 18.2 Å². The molecule has 1 N–H and O–H groups in total. The minimum absolute atomic E-state index is 0.830. The molecule has 0 aliphatic carbocycles. The SMILES string of the molecule is C=Cc1ccc2c(N3CCNCC3)noc2c1. The van der Waals surface area contributed by atoms with E-state index in [1.165, 1.54) is 0 Å². The summed E-state index contributed by atoms with van der Waals surface area (Å²) in [7, 11) is 0. The molecule has 1 aromatic carbocycles. The fraction of sp³-hybridized carbons (Fsp3) is 0.308. The second kappa shape index (κ2) is 4.22. The van der Waals surface area contributed by atoms with Gasteiger partial charge in [0.2, 0.25) is 0 Å². The Bertz CT molecular complexity index is 541. The third-order valence-electron chi connectivity index (χ3n) is 3.13. The first-order valence-electron chi connectivity index (χ1n) is 5.86. The van der Waals surface area contributed by atoms with E-state index in [1.54, 1.807) is 0 Å². The average Bonchev–Trinajstić information content (AvgIpc) is 2.82. The summed E-state index contributed by atoms with van der Waals surface area (Å²) < 4.78 is 5.38.